The Morgan fingerprint density at radius 3 is 2.16 bits per heavy atom. The Balaban J connectivity index is 1.35. The van der Waals surface area contributed by atoms with E-state index in [9.17, 15) is 9.90 Å². The Morgan fingerprint density at radius 2 is 1.58 bits per heavy atom. The second-order valence-corrected chi connectivity index (χ2v) is 17.5. The maximum Gasteiger partial charge on any atom is 0.262 e. The first-order valence-corrected chi connectivity index (χ1v) is 17.2. The lowest BCUT2D eigenvalue weighted by Gasteiger charge is -2.46. The lowest BCUT2D eigenvalue weighted by molar-refractivity contribution is -0.0842. The maximum atomic E-state index is 13.0. The normalized spacial score (nSPS) is 24.4. The summed E-state index contributed by atoms with van der Waals surface area (Å²) in [5.74, 6) is 0.0219. The van der Waals surface area contributed by atoms with Crippen molar-refractivity contribution in [2.75, 3.05) is 11.9 Å². The van der Waals surface area contributed by atoms with Crippen molar-refractivity contribution in [2.45, 2.75) is 57.1 Å². The van der Waals surface area contributed by atoms with Crippen LogP contribution in [0.2, 0.25) is 5.04 Å². The summed E-state index contributed by atoms with van der Waals surface area (Å²) in [6, 6.07) is 30.0. The number of carbonyl (C=O) groups is 1. The molecule has 4 atom stereocenters. The number of ether oxygens (including phenoxy) is 1. The number of imidazole rings is 1. The van der Waals surface area contributed by atoms with Crippen molar-refractivity contribution >= 4 is 41.6 Å². The van der Waals surface area contributed by atoms with Crippen LogP contribution in [0.15, 0.2) is 104 Å². The van der Waals surface area contributed by atoms with Crippen LogP contribution >= 0.6 is 0 Å². The summed E-state index contributed by atoms with van der Waals surface area (Å²) in [5.41, 5.74) is 0.239. The molecule has 0 bridgehead atoms. The molecule has 2 aliphatic rings. The molecule has 45 heavy (non-hydrogen) atoms. The van der Waals surface area contributed by atoms with Gasteiger partial charge >= 0.3 is 0 Å². The molecular formula is C35H37N5O4Si. The zero-order valence-corrected chi connectivity index (χ0v) is 26.8. The molecule has 3 heterocycles. The topological polar surface area (TPSA) is 111 Å². The summed E-state index contributed by atoms with van der Waals surface area (Å²) in [6.07, 6.45) is 2.72. The van der Waals surface area contributed by atoms with Crippen LogP contribution < -0.4 is 15.7 Å². The Kier molecular flexibility index (Phi) is 7.01. The maximum absolute atomic E-state index is 13.0. The molecule has 10 heteroatoms. The first-order valence-electron chi connectivity index (χ1n) is 15.3. The van der Waals surface area contributed by atoms with Gasteiger partial charge in [0.1, 0.15) is 11.9 Å². The van der Waals surface area contributed by atoms with E-state index in [0.717, 1.165) is 0 Å². The monoisotopic (exact) mass is 619 g/mol. The van der Waals surface area contributed by atoms with Gasteiger partial charge in [-0.3, -0.25) is 9.36 Å². The summed E-state index contributed by atoms with van der Waals surface area (Å²) in [6.45, 7) is 8.77. The Morgan fingerprint density at radius 1 is 0.978 bits per heavy atom. The van der Waals surface area contributed by atoms with Gasteiger partial charge in [0.25, 0.3) is 14.2 Å². The minimum atomic E-state index is -3.01. The number of aliphatic hydroxyl groups excluding tert-OH is 1. The first kappa shape index (κ1) is 29.5. The fraction of sp³-hybridized carbons (Fsp3) is 0.314. The largest absolute Gasteiger partial charge is 0.397 e. The summed E-state index contributed by atoms with van der Waals surface area (Å²) in [7, 11) is -3.01. The lowest BCUT2D eigenvalue weighted by atomic mass is 9.99. The van der Waals surface area contributed by atoms with E-state index in [2.05, 4.69) is 96.5 Å². The van der Waals surface area contributed by atoms with E-state index in [1.807, 2.05) is 34.9 Å². The third-order valence-electron chi connectivity index (χ3n) is 9.67. The van der Waals surface area contributed by atoms with Gasteiger partial charge in [0.2, 0.25) is 0 Å². The van der Waals surface area contributed by atoms with Gasteiger partial charge in [0, 0.05) is 11.0 Å². The summed E-state index contributed by atoms with van der Waals surface area (Å²) in [5, 5.41) is 15.5. The molecule has 1 saturated carbocycles. The third-order valence-corrected chi connectivity index (χ3v) is 14.7. The van der Waals surface area contributed by atoms with Crippen LogP contribution in [-0.4, -0.2) is 57.2 Å². The van der Waals surface area contributed by atoms with Gasteiger partial charge in [-0.15, -0.1) is 0 Å². The van der Waals surface area contributed by atoms with Crippen LogP contribution in [0.5, 0.6) is 0 Å². The predicted octanol–water partition coefficient (Wildman–Crippen LogP) is 4.69. The molecular weight excluding hydrogens is 583 g/mol. The van der Waals surface area contributed by atoms with Crippen LogP contribution in [0.1, 0.15) is 50.7 Å². The molecule has 2 aromatic heterocycles. The number of aliphatic hydroxyl groups is 1. The molecule has 0 radical (unpaired) electrons. The van der Waals surface area contributed by atoms with Gasteiger partial charge in [0.15, 0.2) is 23.2 Å². The molecule has 5 aromatic rings. The van der Waals surface area contributed by atoms with Crippen molar-refractivity contribution < 1.29 is 19.1 Å². The average Bonchev–Trinajstić information content (AvgIpc) is 3.32. The van der Waals surface area contributed by atoms with Crippen molar-refractivity contribution in [2.24, 2.45) is 5.41 Å². The van der Waals surface area contributed by atoms with E-state index in [-0.39, 0.29) is 17.6 Å². The highest BCUT2D eigenvalue weighted by atomic mass is 28.4. The van der Waals surface area contributed by atoms with Crippen molar-refractivity contribution in [1.82, 2.24) is 19.5 Å². The summed E-state index contributed by atoms with van der Waals surface area (Å²) >= 11 is 0. The highest BCUT2D eigenvalue weighted by Gasteiger charge is 2.81. The zero-order valence-electron chi connectivity index (χ0n) is 25.8. The van der Waals surface area contributed by atoms with Gasteiger partial charge in [-0.2, -0.15) is 0 Å². The van der Waals surface area contributed by atoms with Gasteiger partial charge in [-0.05, 0) is 34.0 Å². The van der Waals surface area contributed by atoms with Crippen molar-refractivity contribution in [3.8, 4) is 0 Å². The smallest absolute Gasteiger partial charge is 0.262 e. The Labute approximate surface area is 263 Å². The zero-order chi connectivity index (χ0) is 31.5. The SMILES string of the molecule is CC(C)(C)[Si](O[C@]12C[C@@]1(C)[C@@H](CO)O[C@H]2n1cnc2c(NC(=O)c3ccccc3)ncnc21)(c1ccccc1)c1ccccc1. The number of hydrogen-bond acceptors (Lipinski definition) is 7. The fourth-order valence-electron chi connectivity index (χ4n) is 7.22. The van der Waals surface area contributed by atoms with Gasteiger partial charge in [0.05, 0.1) is 19.0 Å². The molecule has 1 saturated heterocycles. The molecule has 0 unspecified atom stereocenters. The lowest BCUT2D eigenvalue weighted by Crippen LogP contribution is -2.68. The van der Waals surface area contributed by atoms with Crippen LogP contribution in [0.25, 0.3) is 11.2 Å². The fourth-order valence-corrected chi connectivity index (χ4v) is 12.1. The van der Waals surface area contributed by atoms with Gasteiger partial charge in [-0.25, -0.2) is 15.0 Å². The molecule has 9 nitrogen and oxygen atoms in total. The number of rotatable bonds is 8. The number of carbonyl (C=O) groups excluding carboxylic acids is 1. The van der Waals surface area contributed by atoms with Crippen LogP contribution in [0.4, 0.5) is 5.82 Å². The molecule has 3 aromatic carbocycles. The van der Waals surface area contributed by atoms with Crippen LogP contribution in [0.3, 0.4) is 0 Å². The van der Waals surface area contributed by atoms with E-state index < -0.39 is 31.7 Å². The molecule has 0 spiro atoms. The van der Waals surface area contributed by atoms with Crippen molar-refractivity contribution in [3.63, 3.8) is 0 Å². The van der Waals surface area contributed by atoms with E-state index in [4.69, 9.17) is 9.16 Å². The minimum absolute atomic E-state index is 0.140. The molecule has 2 fully saturated rings. The van der Waals surface area contributed by atoms with E-state index in [1.165, 1.54) is 16.7 Å². The van der Waals surface area contributed by atoms with E-state index in [1.54, 1.807) is 18.5 Å². The van der Waals surface area contributed by atoms with Crippen molar-refractivity contribution in [1.29, 1.82) is 0 Å². The second kappa shape index (κ2) is 10.7. The standard InChI is InChI=1S/C35H37N5O4Si/c1-33(2,3)45(25-16-10-6-11-17-25,26-18-12-7-13-19-26)44-35-21-34(35,4)27(20-41)43-32(35)40-23-38-28-29(36-22-37-30(28)40)39-31(42)24-14-8-5-9-15-24/h5-19,22-23,27,32,41H,20-21H2,1-4H3,(H,36,37,39,42)/t27-,32-,34+,35+/m1/s1. The Bertz CT molecular complexity index is 1810. The second-order valence-electron chi connectivity index (χ2n) is 13.3. The third kappa shape index (κ3) is 4.46. The summed E-state index contributed by atoms with van der Waals surface area (Å²) < 4.78 is 16.4. The molecule has 2 N–H and O–H groups in total. The number of nitrogens with one attached hydrogen (secondary N) is 1. The number of amides is 1. The number of hydrogen-bond donors (Lipinski definition) is 2. The molecule has 1 aliphatic heterocycles. The van der Waals surface area contributed by atoms with Gasteiger partial charge in [-0.1, -0.05) is 107 Å². The van der Waals surface area contributed by atoms with Gasteiger partial charge < -0.3 is 19.6 Å². The molecule has 1 aliphatic carbocycles. The van der Waals surface area contributed by atoms with E-state index in [0.29, 0.717) is 29.0 Å². The van der Waals surface area contributed by atoms with Crippen molar-refractivity contribution in [3.05, 3.63) is 109 Å². The number of nitrogens with zero attached hydrogens (tertiary/aromatic N) is 4. The van der Waals surface area contributed by atoms with Crippen LogP contribution in [-0.2, 0) is 9.16 Å². The quantitative estimate of drug-likeness (QED) is 0.243. The predicted molar refractivity (Wildman–Crippen MR) is 175 cm³/mol. The number of fused-ring (bicyclic) bond motifs is 2. The molecule has 7 rings (SSSR count). The number of benzene rings is 3. The number of aromatic nitrogens is 4. The molecule has 230 valence electrons. The summed E-state index contributed by atoms with van der Waals surface area (Å²) in [4.78, 5) is 26.6. The van der Waals surface area contributed by atoms with E-state index >= 15 is 0 Å². The first-order chi connectivity index (χ1) is 21.6. The molecule has 1 amide bonds. The minimum Gasteiger partial charge on any atom is -0.397 e. The number of anilines is 1. The van der Waals surface area contributed by atoms with Crippen LogP contribution in [0, 0.1) is 5.41 Å². The highest BCUT2D eigenvalue weighted by Crippen LogP contribution is 2.73. The highest BCUT2D eigenvalue weighted by molar-refractivity contribution is 6.99. The average molecular weight is 620 g/mol. The Hall–Kier alpha value is -4.22.